The molecule has 2 heterocycles. The lowest BCUT2D eigenvalue weighted by Gasteiger charge is -2.23. The Balaban J connectivity index is 1.50. The maximum Gasteiger partial charge on any atom is 0.262 e. The van der Waals surface area contributed by atoms with Gasteiger partial charge >= 0.3 is 0 Å². The van der Waals surface area contributed by atoms with E-state index in [0.717, 1.165) is 46.4 Å². The average Bonchev–Trinajstić information content (AvgIpc) is 3.23. The van der Waals surface area contributed by atoms with Crippen LogP contribution in [0, 0.1) is 0 Å². The summed E-state index contributed by atoms with van der Waals surface area (Å²) >= 11 is 1.63. The van der Waals surface area contributed by atoms with Crippen LogP contribution >= 0.6 is 11.3 Å². The smallest absolute Gasteiger partial charge is 0.262 e. The predicted molar refractivity (Wildman–Crippen MR) is 113 cm³/mol. The van der Waals surface area contributed by atoms with Gasteiger partial charge in [0, 0.05) is 4.88 Å². The average molecular weight is 399 g/mol. The highest BCUT2D eigenvalue weighted by atomic mass is 32.1. The Labute approximate surface area is 168 Å². The second-order valence-corrected chi connectivity index (χ2v) is 9.53. The van der Waals surface area contributed by atoms with E-state index >= 15 is 0 Å². The van der Waals surface area contributed by atoms with Crippen LogP contribution in [-0.4, -0.2) is 27.4 Å². The van der Waals surface area contributed by atoms with Crippen molar-refractivity contribution in [2.45, 2.75) is 58.1 Å². The van der Waals surface area contributed by atoms with Crippen molar-refractivity contribution in [1.29, 1.82) is 0 Å². The quantitative estimate of drug-likeness (QED) is 0.712. The minimum Gasteiger partial charge on any atom is -0.491 e. The van der Waals surface area contributed by atoms with Crippen molar-refractivity contribution in [3.8, 4) is 5.75 Å². The highest BCUT2D eigenvalue weighted by molar-refractivity contribution is 7.18. The summed E-state index contributed by atoms with van der Waals surface area (Å²) in [6.07, 6.45) is 3.85. The second-order valence-electron chi connectivity index (χ2n) is 8.45. The van der Waals surface area contributed by atoms with E-state index in [1.165, 1.54) is 9.44 Å². The summed E-state index contributed by atoms with van der Waals surface area (Å²) < 4.78 is 7.41. The first-order valence-corrected chi connectivity index (χ1v) is 10.6. The molecule has 3 aromatic rings. The van der Waals surface area contributed by atoms with Crippen molar-refractivity contribution >= 4 is 21.6 Å². The molecule has 0 aliphatic heterocycles. The molecule has 1 aromatic carbocycles. The number of nitrogens with zero attached hydrogens (tertiary/aromatic N) is 2. The first-order valence-electron chi connectivity index (χ1n) is 9.74. The number of fused-ring (bicyclic) bond motifs is 3. The Kier molecular flexibility index (Phi) is 5.02. The van der Waals surface area contributed by atoms with Gasteiger partial charge in [0.05, 0.1) is 18.3 Å². The number of hydrogen-bond acceptors (Lipinski definition) is 5. The number of thiophene rings is 1. The van der Waals surface area contributed by atoms with Crippen LogP contribution in [0.4, 0.5) is 0 Å². The van der Waals surface area contributed by atoms with Crippen LogP contribution in [0.5, 0.6) is 5.75 Å². The van der Waals surface area contributed by atoms with E-state index in [4.69, 9.17) is 4.74 Å². The van der Waals surface area contributed by atoms with Crippen LogP contribution < -0.4 is 10.3 Å². The molecule has 4 rings (SSSR count). The summed E-state index contributed by atoms with van der Waals surface area (Å²) in [6.45, 7) is 6.69. The molecule has 6 heteroatoms. The number of aryl methyl sites for hydroxylation is 2. The predicted octanol–water partition coefficient (Wildman–Crippen LogP) is 3.68. The van der Waals surface area contributed by atoms with Crippen LogP contribution in [0.15, 0.2) is 35.4 Å². The van der Waals surface area contributed by atoms with Gasteiger partial charge in [-0.25, -0.2) is 4.98 Å². The van der Waals surface area contributed by atoms with E-state index in [9.17, 15) is 9.90 Å². The normalized spacial score (nSPS) is 15.0. The molecule has 0 spiro atoms. The molecule has 1 unspecified atom stereocenters. The first-order chi connectivity index (χ1) is 13.3. The molecular weight excluding hydrogens is 372 g/mol. The van der Waals surface area contributed by atoms with E-state index in [0.29, 0.717) is 0 Å². The molecule has 0 radical (unpaired) electrons. The zero-order valence-corrected chi connectivity index (χ0v) is 17.4. The molecule has 0 saturated carbocycles. The molecule has 1 aliphatic carbocycles. The Bertz CT molecular complexity index is 1060. The summed E-state index contributed by atoms with van der Waals surface area (Å²) in [5.74, 6) is 0.769. The van der Waals surface area contributed by atoms with Gasteiger partial charge in [-0.05, 0) is 41.9 Å². The maximum atomic E-state index is 12.9. The summed E-state index contributed by atoms with van der Waals surface area (Å²) in [7, 11) is 0. The van der Waals surface area contributed by atoms with Crippen LogP contribution in [0.2, 0.25) is 0 Å². The van der Waals surface area contributed by atoms with Gasteiger partial charge in [0.2, 0.25) is 0 Å². The largest absolute Gasteiger partial charge is 0.491 e. The molecule has 1 atom stereocenters. The van der Waals surface area contributed by atoms with Crippen LogP contribution in [-0.2, 0) is 24.8 Å². The van der Waals surface area contributed by atoms with Gasteiger partial charge in [0.1, 0.15) is 23.3 Å². The van der Waals surface area contributed by atoms with Gasteiger partial charge in [-0.3, -0.25) is 9.36 Å². The number of aliphatic hydroxyl groups excluding tert-OH is 1. The van der Waals surface area contributed by atoms with Gasteiger partial charge < -0.3 is 9.84 Å². The van der Waals surface area contributed by atoms with Gasteiger partial charge in [0.15, 0.2) is 0 Å². The van der Waals surface area contributed by atoms with Gasteiger partial charge in [-0.2, -0.15) is 0 Å². The minimum atomic E-state index is -0.795. The number of aliphatic hydroxyl groups is 1. The third kappa shape index (κ3) is 3.59. The Morgan fingerprint density at radius 1 is 1.29 bits per heavy atom. The minimum absolute atomic E-state index is 0.0488. The summed E-state index contributed by atoms with van der Waals surface area (Å²) in [6, 6.07) is 7.88. The fraction of sp³-hybridized carbons (Fsp3) is 0.455. The summed E-state index contributed by atoms with van der Waals surface area (Å²) in [5, 5.41) is 11.2. The van der Waals surface area contributed by atoms with Crippen molar-refractivity contribution in [2.75, 3.05) is 6.61 Å². The number of rotatable bonds is 5. The fourth-order valence-corrected chi connectivity index (χ4v) is 5.05. The molecule has 5 nitrogen and oxygen atoms in total. The van der Waals surface area contributed by atoms with Crippen molar-refractivity contribution in [2.24, 2.45) is 0 Å². The molecule has 148 valence electrons. The van der Waals surface area contributed by atoms with E-state index in [2.05, 4.69) is 25.8 Å². The van der Waals surface area contributed by atoms with Crippen LogP contribution in [0.1, 0.15) is 43.2 Å². The zero-order valence-electron chi connectivity index (χ0n) is 16.6. The van der Waals surface area contributed by atoms with Gasteiger partial charge in [0.25, 0.3) is 5.56 Å². The molecule has 1 N–H and O–H groups in total. The fourth-order valence-electron chi connectivity index (χ4n) is 3.83. The molecule has 1 aliphatic rings. The standard InChI is InChI=1S/C22H26N2O3S/c1-22(2,3)16-8-4-5-9-17(16)27-12-14(25)11-24-13-23-20-19(21(24)26)15-7-6-10-18(15)28-20/h4-5,8-9,13-14,25H,6-7,10-12H2,1-3H3. The van der Waals surface area contributed by atoms with Crippen LogP contribution in [0.3, 0.4) is 0 Å². The van der Waals surface area contributed by atoms with Crippen molar-refractivity contribution in [1.82, 2.24) is 9.55 Å². The number of aromatic nitrogens is 2. The summed E-state index contributed by atoms with van der Waals surface area (Å²) in [4.78, 5) is 19.5. The number of para-hydroxylation sites is 1. The molecular formula is C22H26N2O3S. The number of ether oxygens (including phenoxy) is 1. The lowest BCUT2D eigenvalue weighted by atomic mass is 9.86. The Morgan fingerprint density at radius 2 is 2.07 bits per heavy atom. The monoisotopic (exact) mass is 398 g/mol. The second kappa shape index (κ2) is 7.33. The van der Waals surface area contributed by atoms with Crippen molar-refractivity contribution in [3.05, 3.63) is 57.0 Å². The third-order valence-corrected chi connectivity index (χ3v) is 6.43. The highest BCUT2D eigenvalue weighted by Crippen LogP contribution is 2.34. The van der Waals surface area contributed by atoms with Gasteiger partial charge in [-0.15, -0.1) is 11.3 Å². The maximum absolute atomic E-state index is 12.9. The Morgan fingerprint density at radius 3 is 2.86 bits per heavy atom. The van der Waals surface area contributed by atoms with E-state index in [1.807, 2.05) is 24.3 Å². The molecule has 28 heavy (non-hydrogen) atoms. The number of hydrogen-bond donors (Lipinski definition) is 1. The lowest BCUT2D eigenvalue weighted by Crippen LogP contribution is -2.30. The van der Waals surface area contributed by atoms with E-state index in [-0.39, 0.29) is 24.1 Å². The molecule has 0 amide bonds. The zero-order chi connectivity index (χ0) is 19.9. The molecule has 2 aromatic heterocycles. The SMILES string of the molecule is CC(C)(C)c1ccccc1OCC(O)Cn1cnc2sc3c(c2c1=O)CCC3. The number of benzene rings is 1. The van der Waals surface area contributed by atoms with Crippen LogP contribution in [0.25, 0.3) is 10.2 Å². The van der Waals surface area contributed by atoms with E-state index < -0.39 is 6.10 Å². The van der Waals surface area contributed by atoms with Crippen molar-refractivity contribution < 1.29 is 9.84 Å². The third-order valence-electron chi connectivity index (χ3n) is 5.23. The topological polar surface area (TPSA) is 64.3 Å². The molecule has 0 bridgehead atoms. The van der Waals surface area contributed by atoms with E-state index in [1.54, 1.807) is 17.7 Å². The van der Waals surface area contributed by atoms with Gasteiger partial charge in [-0.1, -0.05) is 39.0 Å². The van der Waals surface area contributed by atoms with Crippen molar-refractivity contribution in [3.63, 3.8) is 0 Å². The molecule has 0 fully saturated rings. The molecule has 0 saturated heterocycles. The highest BCUT2D eigenvalue weighted by Gasteiger charge is 2.22. The first kappa shape index (κ1) is 19.2. The summed E-state index contributed by atoms with van der Waals surface area (Å²) in [5.41, 5.74) is 2.15. The Hall–Kier alpha value is -2.18. The lowest BCUT2D eigenvalue weighted by molar-refractivity contribution is 0.0905.